The molecule has 1 aromatic carbocycles. The molecule has 0 unspecified atom stereocenters. The molecule has 3 aromatic rings. The number of hydrogen-bond donors (Lipinski definition) is 1. The Morgan fingerprint density at radius 1 is 1.17 bits per heavy atom. The lowest BCUT2D eigenvalue weighted by Gasteiger charge is -2.25. The maximum absolute atomic E-state index is 5.97. The number of methoxy groups -OCH3 is 1. The molecule has 24 heavy (non-hydrogen) atoms. The highest BCUT2D eigenvalue weighted by Gasteiger charge is 2.28. The second kappa shape index (κ2) is 6.35. The zero-order chi connectivity index (χ0) is 16.4. The number of aromatic amines is 1. The van der Waals surface area contributed by atoms with Gasteiger partial charge in [0.1, 0.15) is 29.9 Å². The van der Waals surface area contributed by atoms with E-state index in [4.69, 9.17) is 9.47 Å². The quantitative estimate of drug-likeness (QED) is 0.776. The van der Waals surface area contributed by atoms with Crippen molar-refractivity contribution in [3.8, 4) is 11.5 Å². The van der Waals surface area contributed by atoms with Gasteiger partial charge in [-0.25, -0.2) is 15.0 Å². The average Bonchev–Trinajstić information content (AvgIpc) is 3.29. The molecule has 0 amide bonds. The molecule has 1 N–H and O–H groups in total. The van der Waals surface area contributed by atoms with E-state index in [-0.39, 0.29) is 6.04 Å². The Bertz CT molecular complexity index is 817. The van der Waals surface area contributed by atoms with Gasteiger partial charge in [-0.1, -0.05) is 0 Å². The molecular weight excluding hydrogens is 306 g/mol. The molecule has 1 aliphatic heterocycles. The van der Waals surface area contributed by atoms with Crippen LogP contribution >= 0.6 is 0 Å². The Morgan fingerprint density at radius 3 is 2.83 bits per heavy atom. The fourth-order valence-corrected chi connectivity index (χ4v) is 3.11. The van der Waals surface area contributed by atoms with Crippen molar-refractivity contribution in [2.75, 3.05) is 25.2 Å². The summed E-state index contributed by atoms with van der Waals surface area (Å²) in [6.07, 6.45) is 5.43. The number of hydrogen-bond acceptors (Lipinski definition) is 6. The van der Waals surface area contributed by atoms with Crippen LogP contribution in [0.3, 0.4) is 0 Å². The maximum atomic E-state index is 5.97. The van der Waals surface area contributed by atoms with Crippen LogP contribution in [0.1, 0.15) is 12.8 Å². The van der Waals surface area contributed by atoms with Gasteiger partial charge in [-0.05, 0) is 37.1 Å². The number of aromatic nitrogens is 4. The van der Waals surface area contributed by atoms with Crippen LogP contribution in [0.5, 0.6) is 11.5 Å². The van der Waals surface area contributed by atoms with E-state index in [0.29, 0.717) is 6.61 Å². The SMILES string of the molecule is COc1ccc(OC[C@H]2CCCN2c2ncnc3[nH]cnc23)cc1. The lowest BCUT2D eigenvalue weighted by molar-refractivity contribution is 0.288. The van der Waals surface area contributed by atoms with Crippen molar-refractivity contribution >= 4 is 17.0 Å². The number of H-pyrrole nitrogens is 1. The predicted octanol–water partition coefficient (Wildman–Crippen LogP) is 2.41. The average molecular weight is 325 g/mol. The molecule has 3 heterocycles. The smallest absolute Gasteiger partial charge is 0.162 e. The highest BCUT2D eigenvalue weighted by Crippen LogP contribution is 2.28. The van der Waals surface area contributed by atoms with Gasteiger partial charge in [0.05, 0.1) is 19.5 Å². The first-order chi connectivity index (χ1) is 11.8. The summed E-state index contributed by atoms with van der Waals surface area (Å²) in [4.78, 5) is 18.3. The van der Waals surface area contributed by atoms with Crippen LogP contribution in [0.2, 0.25) is 0 Å². The second-order valence-electron chi connectivity index (χ2n) is 5.77. The van der Waals surface area contributed by atoms with Gasteiger partial charge in [-0.2, -0.15) is 0 Å². The van der Waals surface area contributed by atoms with E-state index in [1.165, 1.54) is 0 Å². The predicted molar refractivity (Wildman–Crippen MR) is 90.5 cm³/mol. The van der Waals surface area contributed by atoms with E-state index in [2.05, 4.69) is 24.8 Å². The van der Waals surface area contributed by atoms with Crippen molar-refractivity contribution < 1.29 is 9.47 Å². The highest BCUT2D eigenvalue weighted by atomic mass is 16.5. The third kappa shape index (κ3) is 2.73. The first-order valence-electron chi connectivity index (χ1n) is 8.03. The van der Waals surface area contributed by atoms with Crippen LogP contribution in [0, 0.1) is 0 Å². The molecule has 1 atom stereocenters. The highest BCUT2D eigenvalue weighted by molar-refractivity contribution is 5.83. The summed E-state index contributed by atoms with van der Waals surface area (Å²) < 4.78 is 11.1. The van der Waals surface area contributed by atoms with Gasteiger partial charge in [-0.15, -0.1) is 0 Å². The Balaban J connectivity index is 1.49. The zero-order valence-electron chi connectivity index (χ0n) is 13.5. The number of nitrogens with zero attached hydrogens (tertiary/aromatic N) is 4. The van der Waals surface area contributed by atoms with Crippen LogP contribution in [-0.4, -0.2) is 46.2 Å². The topological polar surface area (TPSA) is 76.2 Å². The van der Waals surface area contributed by atoms with E-state index >= 15 is 0 Å². The summed E-state index contributed by atoms with van der Waals surface area (Å²) in [5, 5.41) is 0. The standard InChI is InChI=1S/C17H19N5O2/c1-23-13-4-6-14(7-5-13)24-9-12-3-2-8-22(12)17-15-16(19-10-18-15)20-11-21-17/h4-7,10-12H,2-3,8-9H2,1H3,(H,18,19,20,21)/t12-/m1/s1. The van der Waals surface area contributed by atoms with E-state index in [1.54, 1.807) is 19.8 Å². The zero-order valence-corrected chi connectivity index (χ0v) is 13.5. The van der Waals surface area contributed by atoms with Gasteiger partial charge in [0, 0.05) is 6.54 Å². The minimum atomic E-state index is 0.280. The van der Waals surface area contributed by atoms with Gasteiger partial charge in [0.15, 0.2) is 11.5 Å². The van der Waals surface area contributed by atoms with Crippen molar-refractivity contribution in [2.45, 2.75) is 18.9 Å². The fraction of sp³-hybridized carbons (Fsp3) is 0.353. The Morgan fingerprint density at radius 2 is 2.00 bits per heavy atom. The van der Waals surface area contributed by atoms with Crippen LogP contribution in [0.25, 0.3) is 11.2 Å². The number of fused-ring (bicyclic) bond motifs is 1. The van der Waals surface area contributed by atoms with Gasteiger partial charge < -0.3 is 19.4 Å². The summed E-state index contributed by atoms with van der Waals surface area (Å²) in [7, 11) is 1.66. The number of ether oxygens (including phenoxy) is 2. The third-order valence-electron chi connectivity index (χ3n) is 4.35. The molecule has 0 saturated carbocycles. The van der Waals surface area contributed by atoms with Crippen molar-refractivity contribution in [3.05, 3.63) is 36.9 Å². The Labute approximate surface area is 139 Å². The van der Waals surface area contributed by atoms with Crippen molar-refractivity contribution in [3.63, 3.8) is 0 Å². The van der Waals surface area contributed by atoms with Gasteiger partial charge in [0.2, 0.25) is 0 Å². The number of rotatable bonds is 5. The van der Waals surface area contributed by atoms with Crippen LogP contribution < -0.4 is 14.4 Å². The first kappa shape index (κ1) is 14.7. The number of anilines is 1. The van der Waals surface area contributed by atoms with Crippen molar-refractivity contribution in [2.24, 2.45) is 0 Å². The molecule has 124 valence electrons. The maximum Gasteiger partial charge on any atom is 0.162 e. The molecular formula is C17H19N5O2. The minimum Gasteiger partial charge on any atom is -0.497 e. The van der Waals surface area contributed by atoms with E-state index in [0.717, 1.165) is 47.9 Å². The molecule has 0 radical (unpaired) electrons. The molecule has 1 fully saturated rings. The molecule has 0 aliphatic carbocycles. The van der Waals surface area contributed by atoms with Crippen LogP contribution in [0.15, 0.2) is 36.9 Å². The summed E-state index contributed by atoms with van der Waals surface area (Å²) in [6, 6.07) is 7.93. The summed E-state index contributed by atoms with van der Waals surface area (Å²) in [6.45, 7) is 1.57. The van der Waals surface area contributed by atoms with Crippen LogP contribution in [0.4, 0.5) is 5.82 Å². The molecule has 7 nitrogen and oxygen atoms in total. The van der Waals surface area contributed by atoms with Gasteiger partial charge in [0.25, 0.3) is 0 Å². The van der Waals surface area contributed by atoms with Crippen LogP contribution in [-0.2, 0) is 0 Å². The Hall–Kier alpha value is -2.83. The monoisotopic (exact) mass is 325 g/mol. The Kier molecular flexibility index (Phi) is 3.90. The molecule has 2 aromatic heterocycles. The normalized spacial score (nSPS) is 17.4. The number of benzene rings is 1. The van der Waals surface area contributed by atoms with Gasteiger partial charge in [-0.3, -0.25) is 0 Å². The number of imidazole rings is 1. The third-order valence-corrected chi connectivity index (χ3v) is 4.35. The number of nitrogens with one attached hydrogen (secondary N) is 1. The molecule has 4 rings (SSSR count). The molecule has 0 spiro atoms. The minimum absolute atomic E-state index is 0.280. The van der Waals surface area contributed by atoms with Crippen molar-refractivity contribution in [1.29, 1.82) is 0 Å². The lowest BCUT2D eigenvalue weighted by Crippen LogP contribution is -2.35. The van der Waals surface area contributed by atoms with E-state index < -0.39 is 0 Å². The van der Waals surface area contributed by atoms with Crippen molar-refractivity contribution in [1.82, 2.24) is 19.9 Å². The summed E-state index contributed by atoms with van der Waals surface area (Å²) >= 11 is 0. The second-order valence-corrected chi connectivity index (χ2v) is 5.77. The van der Waals surface area contributed by atoms with E-state index in [1.807, 2.05) is 24.3 Å². The largest absolute Gasteiger partial charge is 0.497 e. The summed E-state index contributed by atoms with van der Waals surface area (Å²) in [5.41, 5.74) is 1.58. The van der Waals surface area contributed by atoms with Gasteiger partial charge >= 0.3 is 0 Å². The molecule has 1 saturated heterocycles. The fourth-order valence-electron chi connectivity index (χ4n) is 3.11. The molecule has 0 bridgehead atoms. The van der Waals surface area contributed by atoms with E-state index in [9.17, 15) is 0 Å². The lowest BCUT2D eigenvalue weighted by atomic mass is 10.2. The summed E-state index contributed by atoms with van der Waals surface area (Å²) in [5.74, 6) is 2.55. The first-order valence-corrected chi connectivity index (χ1v) is 8.03. The molecule has 7 heteroatoms. The molecule has 1 aliphatic rings.